The molecule has 6 nitrogen and oxygen atoms in total. The van der Waals surface area contributed by atoms with Crippen LogP contribution < -0.4 is 15.1 Å². The first kappa shape index (κ1) is 22.6. The van der Waals surface area contributed by atoms with E-state index in [1.807, 2.05) is 18.2 Å². The fourth-order valence-electron chi connectivity index (χ4n) is 3.33. The Kier molecular flexibility index (Phi) is 8.10. The molecule has 1 aliphatic heterocycles. The van der Waals surface area contributed by atoms with Crippen molar-refractivity contribution in [3.63, 3.8) is 0 Å². The number of nitrogens with one attached hydrogen (secondary N) is 2. The lowest BCUT2D eigenvalue weighted by Crippen LogP contribution is -3.12. The summed E-state index contributed by atoms with van der Waals surface area (Å²) in [5, 5.41) is 3.79. The molecule has 162 valence electrons. The molecule has 2 aromatic rings. The summed E-state index contributed by atoms with van der Waals surface area (Å²) in [6.45, 7) is 11.3. The summed E-state index contributed by atoms with van der Waals surface area (Å²) in [5.74, 6) is 2.20. The van der Waals surface area contributed by atoms with Gasteiger partial charge in [-0.2, -0.15) is 0 Å². The molecule has 1 aromatic heterocycles. The number of rotatable bonds is 8. The van der Waals surface area contributed by atoms with Crippen molar-refractivity contribution in [2.24, 2.45) is 5.92 Å². The zero-order chi connectivity index (χ0) is 21.5. The van der Waals surface area contributed by atoms with Gasteiger partial charge in [0.15, 0.2) is 5.16 Å². The number of nitrogens with zero attached hydrogens (tertiary/aromatic N) is 3. The summed E-state index contributed by atoms with van der Waals surface area (Å²) in [5.41, 5.74) is 2.89. The lowest BCUT2D eigenvalue weighted by Gasteiger charge is -2.31. The minimum absolute atomic E-state index is 0.0146. The average molecular weight is 429 g/mol. The first-order chi connectivity index (χ1) is 14.4. The first-order valence-electron chi connectivity index (χ1n) is 10.9. The van der Waals surface area contributed by atoms with Gasteiger partial charge < -0.3 is 15.1 Å². The van der Waals surface area contributed by atoms with Crippen molar-refractivity contribution < 1.29 is 9.69 Å². The number of aryl methyl sites for hydroxylation is 1. The Bertz CT molecular complexity index is 849. The van der Waals surface area contributed by atoms with Gasteiger partial charge in [0.05, 0.1) is 33.2 Å². The van der Waals surface area contributed by atoms with E-state index in [4.69, 9.17) is 9.97 Å². The van der Waals surface area contributed by atoms with Crippen LogP contribution in [0.25, 0.3) is 0 Å². The van der Waals surface area contributed by atoms with Crippen LogP contribution in [0.15, 0.2) is 35.5 Å². The molecule has 0 unspecified atom stereocenters. The largest absolute Gasteiger partial charge is 0.352 e. The molecule has 1 aromatic carbocycles. The van der Waals surface area contributed by atoms with Crippen LogP contribution in [0.4, 0.5) is 5.82 Å². The predicted molar refractivity (Wildman–Crippen MR) is 123 cm³/mol. The molecular weight excluding hydrogens is 394 g/mol. The van der Waals surface area contributed by atoms with Crippen LogP contribution in [0.3, 0.4) is 0 Å². The van der Waals surface area contributed by atoms with E-state index in [1.165, 1.54) is 0 Å². The Labute approximate surface area is 184 Å². The number of benzene rings is 1. The third-order valence-electron chi connectivity index (χ3n) is 5.28. The second-order valence-corrected chi connectivity index (χ2v) is 9.33. The van der Waals surface area contributed by atoms with Crippen LogP contribution in [-0.2, 0) is 12.2 Å². The second kappa shape index (κ2) is 10.8. The quantitative estimate of drug-likeness (QED) is 0.498. The maximum atomic E-state index is 12.4. The normalized spacial score (nSPS) is 14.9. The highest BCUT2D eigenvalue weighted by Crippen LogP contribution is 2.23. The molecule has 1 saturated heterocycles. The van der Waals surface area contributed by atoms with Gasteiger partial charge in [0, 0.05) is 29.6 Å². The Morgan fingerprint density at radius 3 is 2.70 bits per heavy atom. The highest BCUT2D eigenvalue weighted by atomic mass is 32.2. The van der Waals surface area contributed by atoms with Gasteiger partial charge in [-0.1, -0.05) is 44.7 Å². The predicted octanol–water partition coefficient (Wildman–Crippen LogP) is 2.05. The van der Waals surface area contributed by atoms with Gasteiger partial charge in [-0.3, -0.25) is 4.79 Å². The SMILES string of the molecule is CCc1cc(N2CC[NH+](C)CC2)nc(SCc2cccc(C(=O)NCC(C)C)c2)n1. The van der Waals surface area contributed by atoms with E-state index in [2.05, 4.69) is 50.2 Å². The van der Waals surface area contributed by atoms with Gasteiger partial charge in [-0.25, -0.2) is 9.97 Å². The molecule has 1 fully saturated rings. The summed E-state index contributed by atoms with van der Waals surface area (Å²) in [6.07, 6.45) is 0.896. The van der Waals surface area contributed by atoms with Crippen molar-refractivity contribution in [2.75, 3.05) is 44.7 Å². The molecule has 2 N–H and O–H groups in total. The maximum Gasteiger partial charge on any atom is 0.251 e. The molecule has 1 amide bonds. The average Bonchev–Trinajstić information content (AvgIpc) is 2.76. The second-order valence-electron chi connectivity index (χ2n) is 8.39. The van der Waals surface area contributed by atoms with Crippen molar-refractivity contribution in [3.05, 3.63) is 47.2 Å². The summed E-state index contributed by atoms with van der Waals surface area (Å²) in [4.78, 5) is 25.9. The minimum atomic E-state index is -0.0146. The molecule has 7 heteroatoms. The van der Waals surface area contributed by atoms with Gasteiger partial charge in [0.1, 0.15) is 5.82 Å². The number of aromatic nitrogens is 2. The Morgan fingerprint density at radius 2 is 2.00 bits per heavy atom. The molecule has 30 heavy (non-hydrogen) atoms. The molecule has 0 bridgehead atoms. The molecule has 2 heterocycles. The Morgan fingerprint density at radius 1 is 1.23 bits per heavy atom. The van der Waals surface area contributed by atoms with E-state index in [9.17, 15) is 4.79 Å². The number of carbonyl (C=O) groups excluding carboxylic acids is 1. The third kappa shape index (κ3) is 6.44. The number of amides is 1. The zero-order valence-corrected chi connectivity index (χ0v) is 19.4. The molecule has 0 spiro atoms. The summed E-state index contributed by atoms with van der Waals surface area (Å²) < 4.78 is 0. The van der Waals surface area contributed by atoms with Crippen LogP contribution in [0, 0.1) is 5.92 Å². The van der Waals surface area contributed by atoms with Gasteiger partial charge >= 0.3 is 0 Å². The maximum absolute atomic E-state index is 12.4. The van der Waals surface area contributed by atoms with Crippen molar-refractivity contribution in [3.8, 4) is 0 Å². The number of hydrogen-bond acceptors (Lipinski definition) is 5. The molecule has 0 radical (unpaired) electrons. The smallest absolute Gasteiger partial charge is 0.251 e. The van der Waals surface area contributed by atoms with E-state index in [1.54, 1.807) is 16.7 Å². The van der Waals surface area contributed by atoms with Gasteiger partial charge in [0.2, 0.25) is 0 Å². The molecule has 0 atom stereocenters. The lowest BCUT2D eigenvalue weighted by molar-refractivity contribution is -0.880. The van der Waals surface area contributed by atoms with Crippen LogP contribution in [0.1, 0.15) is 42.4 Å². The monoisotopic (exact) mass is 428 g/mol. The van der Waals surface area contributed by atoms with E-state index in [0.717, 1.165) is 60.6 Å². The lowest BCUT2D eigenvalue weighted by atomic mass is 10.1. The van der Waals surface area contributed by atoms with Gasteiger partial charge in [-0.05, 0) is 30.0 Å². The number of hydrogen-bond donors (Lipinski definition) is 2. The fraction of sp³-hybridized carbons (Fsp3) is 0.522. The molecule has 1 aliphatic rings. The van der Waals surface area contributed by atoms with Crippen molar-refractivity contribution in [2.45, 2.75) is 38.1 Å². The molecule has 0 saturated carbocycles. The topological polar surface area (TPSA) is 62.6 Å². The molecule has 0 aliphatic carbocycles. The molecular formula is C23H34N5OS+. The number of piperazine rings is 1. The highest BCUT2D eigenvalue weighted by Gasteiger charge is 2.19. The number of likely N-dealkylation sites (N-methyl/N-ethyl adjacent to an activating group) is 1. The number of quaternary nitrogens is 1. The number of carbonyl (C=O) groups is 1. The van der Waals surface area contributed by atoms with E-state index < -0.39 is 0 Å². The van der Waals surface area contributed by atoms with Gasteiger partial charge in [0.25, 0.3) is 5.91 Å². The summed E-state index contributed by atoms with van der Waals surface area (Å²) in [6, 6.07) is 9.97. The van der Waals surface area contributed by atoms with Crippen molar-refractivity contribution in [1.29, 1.82) is 0 Å². The highest BCUT2D eigenvalue weighted by molar-refractivity contribution is 7.98. The fourth-order valence-corrected chi connectivity index (χ4v) is 4.15. The first-order valence-corrected chi connectivity index (χ1v) is 11.9. The van der Waals surface area contributed by atoms with Gasteiger partial charge in [-0.15, -0.1) is 0 Å². The summed E-state index contributed by atoms with van der Waals surface area (Å²) >= 11 is 1.63. The van der Waals surface area contributed by atoms with Crippen LogP contribution in [-0.4, -0.2) is 55.6 Å². The number of thioether (sulfide) groups is 1. The standard InChI is InChI=1S/C23H33N5OS/c1-5-20-14-21(28-11-9-27(4)10-12-28)26-23(25-20)30-16-18-7-6-8-19(13-18)22(29)24-15-17(2)3/h6-8,13-14,17H,5,9-12,15-16H2,1-4H3,(H,24,29)/p+1. The van der Waals surface area contributed by atoms with Crippen LogP contribution in [0.2, 0.25) is 0 Å². The van der Waals surface area contributed by atoms with Crippen molar-refractivity contribution >= 4 is 23.5 Å². The van der Waals surface area contributed by atoms with E-state index in [-0.39, 0.29) is 5.91 Å². The zero-order valence-electron chi connectivity index (χ0n) is 18.6. The Hall–Kier alpha value is -2.12. The van der Waals surface area contributed by atoms with E-state index >= 15 is 0 Å². The third-order valence-corrected chi connectivity index (χ3v) is 6.19. The van der Waals surface area contributed by atoms with Crippen LogP contribution >= 0.6 is 11.8 Å². The molecule has 3 rings (SSSR count). The Balaban J connectivity index is 1.67. The van der Waals surface area contributed by atoms with E-state index in [0.29, 0.717) is 18.0 Å². The van der Waals surface area contributed by atoms with Crippen molar-refractivity contribution in [1.82, 2.24) is 15.3 Å². The summed E-state index contributed by atoms with van der Waals surface area (Å²) in [7, 11) is 2.24. The minimum Gasteiger partial charge on any atom is -0.352 e. The number of anilines is 1. The van der Waals surface area contributed by atoms with Crippen LogP contribution in [0.5, 0.6) is 0 Å².